The van der Waals surface area contributed by atoms with E-state index in [1.54, 1.807) is 0 Å². The number of aromatic nitrogens is 2. The van der Waals surface area contributed by atoms with Gasteiger partial charge in [0.05, 0.1) is 11.0 Å². The van der Waals surface area contributed by atoms with Crippen LogP contribution >= 0.6 is 11.6 Å². The Morgan fingerprint density at radius 1 is 1.23 bits per heavy atom. The standard InChI is InChI=1S/C17H14ClN3O/c18-11-5-3-4-10(8-11)12-9-13(12)16(22)21-17-19-14-6-1-2-7-15(14)20-17/h1-8,12-13H,9H2,(H2,19,20,21,22). The van der Waals surface area contributed by atoms with Crippen molar-refractivity contribution in [1.29, 1.82) is 0 Å². The predicted molar refractivity (Wildman–Crippen MR) is 87.0 cm³/mol. The van der Waals surface area contributed by atoms with Crippen molar-refractivity contribution < 1.29 is 4.79 Å². The summed E-state index contributed by atoms with van der Waals surface area (Å²) in [5, 5.41) is 3.58. The molecule has 1 aliphatic rings. The average Bonchev–Trinajstić information content (AvgIpc) is 3.21. The number of carbonyl (C=O) groups excluding carboxylic acids is 1. The number of aromatic amines is 1. The molecule has 0 radical (unpaired) electrons. The minimum absolute atomic E-state index is 0.00373. The first kappa shape index (κ1) is 13.3. The van der Waals surface area contributed by atoms with Crippen molar-refractivity contribution in [2.45, 2.75) is 12.3 Å². The molecule has 1 amide bonds. The summed E-state index contributed by atoms with van der Waals surface area (Å²) in [6.45, 7) is 0. The first-order valence-electron chi connectivity index (χ1n) is 7.22. The highest BCUT2D eigenvalue weighted by atomic mass is 35.5. The molecule has 0 spiro atoms. The first-order valence-corrected chi connectivity index (χ1v) is 7.59. The molecule has 4 rings (SSSR count). The number of carbonyl (C=O) groups is 1. The molecule has 0 bridgehead atoms. The quantitative estimate of drug-likeness (QED) is 0.769. The van der Waals surface area contributed by atoms with Crippen LogP contribution in [0.3, 0.4) is 0 Å². The number of para-hydroxylation sites is 2. The summed E-state index contributed by atoms with van der Waals surface area (Å²) >= 11 is 6.00. The summed E-state index contributed by atoms with van der Waals surface area (Å²) in [4.78, 5) is 19.8. The fourth-order valence-electron chi connectivity index (χ4n) is 2.81. The minimum atomic E-state index is -0.00770. The van der Waals surface area contributed by atoms with Gasteiger partial charge in [0, 0.05) is 10.9 Å². The average molecular weight is 312 g/mol. The van der Waals surface area contributed by atoms with E-state index in [9.17, 15) is 4.79 Å². The lowest BCUT2D eigenvalue weighted by Crippen LogP contribution is -2.15. The molecule has 2 N–H and O–H groups in total. The van der Waals surface area contributed by atoms with Gasteiger partial charge in [-0.2, -0.15) is 0 Å². The molecule has 2 atom stereocenters. The van der Waals surface area contributed by atoms with E-state index >= 15 is 0 Å². The molecule has 22 heavy (non-hydrogen) atoms. The Bertz CT molecular complexity index is 825. The third-order valence-corrected chi connectivity index (χ3v) is 4.27. The number of nitrogens with zero attached hydrogens (tertiary/aromatic N) is 1. The molecule has 1 heterocycles. The highest BCUT2D eigenvalue weighted by molar-refractivity contribution is 6.30. The maximum atomic E-state index is 12.3. The number of benzene rings is 2. The third kappa shape index (κ3) is 2.46. The summed E-state index contributed by atoms with van der Waals surface area (Å²) < 4.78 is 0. The third-order valence-electron chi connectivity index (χ3n) is 4.04. The molecule has 1 aromatic heterocycles. The van der Waals surface area contributed by atoms with Crippen molar-refractivity contribution in [3.63, 3.8) is 0 Å². The van der Waals surface area contributed by atoms with E-state index in [2.05, 4.69) is 15.3 Å². The Balaban J connectivity index is 1.47. The van der Waals surface area contributed by atoms with Crippen LogP contribution in [0.4, 0.5) is 5.95 Å². The maximum absolute atomic E-state index is 12.3. The fraction of sp³-hybridized carbons (Fsp3) is 0.176. The normalized spacial score (nSPS) is 20.0. The molecule has 2 unspecified atom stereocenters. The van der Waals surface area contributed by atoms with Crippen molar-refractivity contribution in [2.75, 3.05) is 5.32 Å². The van der Waals surface area contributed by atoms with Crippen LogP contribution in [-0.2, 0) is 4.79 Å². The van der Waals surface area contributed by atoms with Crippen LogP contribution in [0.1, 0.15) is 17.9 Å². The van der Waals surface area contributed by atoms with Crippen molar-refractivity contribution >= 4 is 34.5 Å². The fourth-order valence-corrected chi connectivity index (χ4v) is 3.01. The van der Waals surface area contributed by atoms with Gasteiger partial charge >= 0.3 is 0 Å². The molecule has 1 aliphatic carbocycles. The van der Waals surface area contributed by atoms with Gasteiger partial charge in [-0.1, -0.05) is 35.9 Å². The van der Waals surface area contributed by atoms with Gasteiger partial charge in [0.15, 0.2) is 0 Å². The molecule has 110 valence electrons. The Hall–Kier alpha value is -2.33. The number of hydrogen-bond acceptors (Lipinski definition) is 2. The zero-order valence-corrected chi connectivity index (χ0v) is 12.5. The Morgan fingerprint density at radius 2 is 2.09 bits per heavy atom. The number of nitrogens with one attached hydrogen (secondary N) is 2. The van der Waals surface area contributed by atoms with Crippen LogP contribution in [0.25, 0.3) is 11.0 Å². The number of rotatable bonds is 3. The topological polar surface area (TPSA) is 57.8 Å². The lowest BCUT2D eigenvalue weighted by molar-refractivity contribution is -0.117. The molecule has 5 heteroatoms. The van der Waals surface area contributed by atoms with E-state index in [0.29, 0.717) is 11.0 Å². The number of imidazole rings is 1. The molecule has 4 nitrogen and oxygen atoms in total. The van der Waals surface area contributed by atoms with Gasteiger partial charge in [0.1, 0.15) is 0 Å². The highest BCUT2D eigenvalue weighted by Crippen LogP contribution is 2.48. The lowest BCUT2D eigenvalue weighted by Gasteiger charge is -2.02. The summed E-state index contributed by atoms with van der Waals surface area (Å²) in [5.41, 5.74) is 2.89. The van der Waals surface area contributed by atoms with Crippen molar-refractivity contribution in [3.8, 4) is 0 Å². The van der Waals surface area contributed by atoms with Crippen molar-refractivity contribution in [1.82, 2.24) is 9.97 Å². The van der Waals surface area contributed by atoms with Crippen LogP contribution in [0.2, 0.25) is 5.02 Å². The Morgan fingerprint density at radius 3 is 2.91 bits per heavy atom. The van der Waals surface area contributed by atoms with Crippen LogP contribution in [0.15, 0.2) is 48.5 Å². The Labute approximate surface area is 132 Å². The largest absolute Gasteiger partial charge is 0.324 e. The van der Waals surface area contributed by atoms with Gasteiger partial charge in [-0.3, -0.25) is 10.1 Å². The molecule has 0 aliphatic heterocycles. The van der Waals surface area contributed by atoms with E-state index < -0.39 is 0 Å². The number of halogens is 1. The Kier molecular flexibility index (Phi) is 3.12. The molecule has 3 aromatic rings. The summed E-state index contributed by atoms with van der Waals surface area (Å²) in [6, 6.07) is 15.4. The summed E-state index contributed by atoms with van der Waals surface area (Å²) in [7, 11) is 0. The van der Waals surface area contributed by atoms with Crippen LogP contribution < -0.4 is 5.32 Å². The smallest absolute Gasteiger partial charge is 0.230 e. The number of H-pyrrole nitrogens is 1. The SMILES string of the molecule is O=C(Nc1nc2ccccc2[nH]1)C1CC1c1cccc(Cl)c1. The molecular weight excluding hydrogens is 298 g/mol. The number of amides is 1. The zero-order chi connectivity index (χ0) is 15.1. The van der Waals surface area contributed by atoms with Gasteiger partial charge in [-0.05, 0) is 42.2 Å². The lowest BCUT2D eigenvalue weighted by atomic mass is 10.1. The molecule has 1 saturated carbocycles. The van der Waals surface area contributed by atoms with Crippen molar-refractivity contribution in [2.24, 2.45) is 5.92 Å². The van der Waals surface area contributed by atoms with Crippen LogP contribution in [-0.4, -0.2) is 15.9 Å². The molecule has 0 saturated heterocycles. The minimum Gasteiger partial charge on any atom is -0.324 e. The molecule has 1 fully saturated rings. The summed E-state index contributed by atoms with van der Waals surface area (Å²) in [5.74, 6) is 0.752. The van der Waals surface area contributed by atoms with Gasteiger partial charge in [0.25, 0.3) is 0 Å². The van der Waals surface area contributed by atoms with Gasteiger partial charge in [-0.25, -0.2) is 4.98 Å². The number of fused-ring (bicyclic) bond motifs is 1. The zero-order valence-electron chi connectivity index (χ0n) is 11.7. The van der Waals surface area contributed by atoms with Gasteiger partial charge in [0.2, 0.25) is 11.9 Å². The van der Waals surface area contributed by atoms with Gasteiger partial charge < -0.3 is 4.98 Å². The molecule has 2 aromatic carbocycles. The summed E-state index contributed by atoms with van der Waals surface area (Å²) in [6.07, 6.45) is 0.854. The second kappa shape index (κ2) is 5.14. The predicted octanol–water partition coefficient (Wildman–Crippen LogP) is 3.96. The second-order valence-electron chi connectivity index (χ2n) is 5.60. The van der Waals surface area contributed by atoms with E-state index in [-0.39, 0.29) is 17.7 Å². The van der Waals surface area contributed by atoms with E-state index in [1.165, 1.54) is 0 Å². The number of anilines is 1. The van der Waals surface area contributed by atoms with Crippen molar-refractivity contribution in [3.05, 3.63) is 59.1 Å². The van der Waals surface area contributed by atoms with E-state index in [1.807, 2.05) is 48.5 Å². The van der Waals surface area contributed by atoms with E-state index in [4.69, 9.17) is 11.6 Å². The first-order chi connectivity index (χ1) is 10.7. The second-order valence-corrected chi connectivity index (χ2v) is 6.03. The van der Waals surface area contributed by atoms with E-state index in [0.717, 1.165) is 23.0 Å². The monoisotopic (exact) mass is 311 g/mol. The van der Waals surface area contributed by atoms with Crippen LogP contribution in [0, 0.1) is 5.92 Å². The van der Waals surface area contributed by atoms with Gasteiger partial charge in [-0.15, -0.1) is 0 Å². The van der Waals surface area contributed by atoms with Crippen LogP contribution in [0.5, 0.6) is 0 Å². The number of hydrogen-bond donors (Lipinski definition) is 2. The maximum Gasteiger partial charge on any atom is 0.230 e. The molecular formula is C17H14ClN3O. The highest BCUT2D eigenvalue weighted by Gasteiger charge is 2.44.